The van der Waals surface area contributed by atoms with Crippen LogP contribution in [0.5, 0.6) is 0 Å². The number of rotatable bonds is 2. The first-order chi connectivity index (χ1) is 13.2. The van der Waals surface area contributed by atoms with Crippen molar-refractivity contribution in [3.05, 3.63) is 102 Å². The maximum atomic E-state index is 15.3. The molecule has 1 fully saturated rings. The van der Waals surface area contributed by atoms with Crippen LogP contribution in [0.15, 0.2) is 91.0 Å². The van der Waals surface area contributed by atoms with E-state index in [0.717, 1.165) is 4.90 Å². The molecule has 0 unspecified atom stereocenters. The zero-order valence-electron chi connectivity index (χ0n) is 14.4. The minimum absolute atomic E-state index is 0.389. The highest BCUT2D eigenvalue weighted by Crippen LogP contribution is 2.46. The summed E-state index contributed by atoms with van der Waals surface area (Å²) in [6.07, 6.45) is -2.46. The molecule has 2 atom stereocenters. The minimum atomic E-state index is -3.27. The number of alkyl halides is 2. The van der Waals surface area contributed by atoms with Crippen molar-refractivity contribution in [2.24, 2.45) is 0 Å². The molecule has 3 aromatic rings. The Morgan fingerprint density at radius 1 is 0.778 bits per heavy atom. The average Bonchev–Trinajstić information content (AvgIpc) is 2.99. The van der Waals surface area contributed by atoms with Gasteiger partial charge in [0.05, 0.1) is 0 Å². The minimum Gasteiger partial charge on any atom is -0.329 e. The predicted octanol–water partition coefficient (Wildman–Crippen LogP) is 5.24. The van der Waals surface area contributed by atoms with Crippen LogP contribution in [0.3, 0.4) is 0 Å². The summed E-state index contributed by atoms with van der Waals surface area (Å²) in [5.41, 5.74) is 1.72. The maximum absolute atomic E-state index is 15.3. The van der Waals surface area contributed by atoms with Gasteiger partial charge in [0, 0.05) is 16.8 Å². The van der Waals surface area contributed by atoms with Crippen molar-refractivity contribution in [1.82, 2.24) is 0 Å². The quantitative estimate of drug-likeness (QED) is 0.457. The van der Waals surface area contributed by atoms with Gasteiger partial charge in [0.25, 0.3) is 0 Å². The number of hydrogen-bond acceptors (Lipinski definition) is 2. The summed E-state index contributed by atoms with van der Waals surface area (Å²) in [4.78, 5) is 1.01. The van der Waals surface area contributed by atoms with E-state index in [0.29, 0.717) is 16.8 Å². The molecule has 1 saturated heterocycles. The zero-order valence-corrected chi connectivity index (χ0v) is 14.4. The summed E-state index contributed by atoms with van der Waals surface area (Å²) >= 11 is 0. The van der Waals surface area contributed by atoms with Crippen molar-refractivity contribution in [3.8, 4) is 11.8 Å². The normalized spacial score (nSPS) is 20.7. The van der Waals surface area contributed by atoms with Gasteiger partial charge in [0.15, 0.2) is 6.23 Å². The van der Waals surface area contributed by atoms with Gasteiger partial charge in [-0.15, -0.1) is 0 Å². The van der Waals surface area contributed by atoms with Gasteiger partial charge in [-0.1, -0.05) is 78.6 Å². The largest absolute Gasteiger partial charge is 0.365 e. The lowest BCUT2D eigenvalue weighted by Crippen LogP contribution is -2.43. The Labute approximate surface area is 157 Å². The fraction of sp³-hybridized carbons (Fsp3) is 0.130. The van der Waals surface area contributed by atoms with E-state index in [2.05, 4.69) is 11.8 Å². The van der Waals surface area contributed by atoms with Crippen LogP contribution >= 0.6 is 0 Å². The second-order valence-corrected chi connectivity index (χ2v) is 6.21. The molecular weight excluding hydrogens is 344 g/mol. The molecular formula is C23H17F2NO. The van der Waals surface area contributed by atoms with Gasteiger partial charge in [-0.3, -0.25) is 4.90 Å². The monoisotopic (exact) mass is 361 g/mol. The summed E-state index contributed by atoms with van der Waals surface area (Å²) in [5.74, 6) is 5.43. The molecule has 4 heteroatoms. The highest BCUT2D eigenvalue weighted by molar-refractivity contribution is 5.52. The molecule has 3 aromatic carbocycles. The summed E-state index contributed by atoms with van der Waals surface area (Å²) < 4.78 is 36.3. The second-order valence-electron chi connectivity index (χ2n) is 6.21. The van der Waals surface area contributed by atoms with Crippen LogP contribution in [-0.4, -0.2) is 12.2 Å². The van der Waals surface area contributed by atoms with Gasteiger partial charge in [0.1, 0.15) is 0 Å². The number of para-hydroxylation sites is 1. The van der Waals surface area contributed by atoms with Crippen LogP contribution in [-0.2, 0) is 4.74 Å². The van der Waals surface area contributed by atoms with Crippen molar-refractivity contribution in [2.45, 2.75) is 18.4 Å². The van der Waals surface area contributed by atoms with Crippen LogP contribution in [0.25, 0.3) is 0 Å². The van der Waals surface area contributed by atoms with E-state index in [9.17, 15) is 0 Å². The molecule has 4 rings (SSSR count). The molecule has 1 aliphatic heterocycles. The Balaban J connectivity index is 1.74. The molecule has 2 nitrogen and oxygen atoms in total. The van der Waals surface area contributed by atoms with E-state index < -0.39 is 18.4 Å². The lowest BCUT2D eigenvalue weighted by atomic mass is 10.1. The Hall–Kier alpha value is -3.16. The summed E-state index contributed by atoms with van der Waals surface area (Å²) in [5, 5.41) is 0. The van der Waals surface area contributed by atoms with Gasteiger partial charge in [-0.2, -0.15) is 8.78 Å². The summed E-state index contributed by atoms with van der Waals surface area (Å²) in [7, 11) is 0. The summed E-state index contributed by atoms with van der Waals surface area (Å²) in [6.45, 7) is 0. The first kappa shape index (κ1) is 17.3. The van der Waals surface area contributed by atoms with E-state index in [4.69, 9.17) is 4.74 Å². The molecule has 0 amide bonds. The summed E-state index contributed by atoms with van der Waals surface area (Å²) in [6, 6.07) is 23.4. The van der Waals surface area contributed by atoms with Crippen LogP contribution < -0.4 is 4.90 Å². The number of halogens is 2. The maximum Gasteiger partial charge on any atom is 0.365 e. The van der Waals surface area contributed by atoms with Crippen molar-refractivity contribution in [3.63, 3.8) is 0 Å². The van der Waals surface area contributed by atoms with E-state index >= 15 is 8.78 Å². The van der Waals surface area contributed by atoms with Gasteiger partial charge < -0.3 is 4.74 Å². The third-order valence-electron chi connectivity index (χ3n) is 4.38. The number of ether oxygens (including phenoxy) is 1. The topological polar surface area (TPSA) is 12.5 Å². The standard InChI is InChI=1S/C23H17F2NO/c24-23(25)21(17-16-18-10-4-1-5-11-18)27-22(19-12-6-2-7-13-19)26(23)20-14-8-3-9-15-20/h1-15,21-22H/t21-,22+/m1/s1. The third-order valence-corrected chi connectivity index (χ3v) is 4.38. The van der Waals surface area contributed by atoms with Gasteiger partial charge >= 0.3 is 6.05 Å². The Morgan fingerprint density at radius 3 is 1.96 bits per heavy atom. The Morgan fingerprint density at radius 2 is 1.33 bits per heavy atom. The second kappa shape index (κ2) is 7.22. The van der Waals surface area contributed by atoms with Crippen LogP contribution in [0.1, 0.15) is 17.4 Å². The molecule has 1 heterocycles. The first-order valence-electron chi connectivity index (χ1n) is 8.65. The van der Waals surface area contributed by atoms with Gasteiger partial charge in [-0.25, -0.2) is 0 Å². The number of benzene rings is 3. The lowest BCUT2D eigenvalue weighted by Gasteiger charge is -2.29. The number of hydrogen-bond donors (Lipinski definition) is 0. The van der Waals surface area contributed by atoms with Crippen LogP contribution in [0.2, 0.25) is 0 Å². The van der Waals surface area contributed by atoms with E-state index in [-0.39, 0.29) is 0 Å². The molecule has 134 valence electrons. The third kappa shape index (κ3) is 3.42. The molecule has 0 saturated carbocycles. The smallest absolute Gasteiger partial charge is 0.329 e. The number of nitrogens with zero attached hydrogens (tertiary/aromatic N) is 1. The van der Waals surface area contributed by atoms with Gasteiger partial charge in [-0.05, 0) is 24.3 Å². The molecule has 0 radical (unpaired) electrons. The molecule has 27 heavy (non-hydrogen) atoms. The number of anilines is 1. The molecule has 0 spiro atoms. The Kier molecular flexibility index (Phi) is 4.62. The molecule has 0 N–H and O–H groups in total. The molecule has 0 aliphatic carbocycles. The van der Waals surface area contributed by atoms with E-state index in [1.807, 2.05) is 36.4 Å². The van der Waals surface area contributed by atoms with Gasteiger partial charge in [0.2, 0.25) is 6.10 Å². The first-order valence-corrected chi connectivity index (χ1v) is 8.65. The van der Waals surface area contributed by atoms with Crippen LogP contribution in [0.4, 0.5) is 14.5 Å². The SMILES string of the molecule is FC1(F)[C@@H](C#Cc2ccccc2)O[C@@H](c2ccccc2)N1c1ccccc1. The van der Waals surface area contributed by atoms with Crippen molar-refractivity contribution >= 4 is 5.69 Å². The van der Waals surface area contributed by atoms with Crippen molar-refractivity contribution < 1.29 is 13.5 Å². The molecule has 0 aromatic heterocycles. The lowest BCUT2D eigenvalue weighted by molar-refractivity contribution is -0.0444. The van der Waals surface area contributed by atoms with Crippen LogP contribution in [0, 0.1) is 11.8 Å². The highest BCUT2D eigenvalue weighted by atomic mass is 19.3. The Bertz CT molecular complexity index is 949. The highest BCUT2D eigenvalue weighted by Gasteiger charge is 2.57. The average molecular weight is 361 g/mol. The van der Waals surface area contributed by atoms with E-state index in [1.165, 1.54) is 0 Å². The fourth-order valence-electron chi connectivity index (χ4n) is 3.09. The molecule has 0 bridgehead atoms. The fourth-order valence-corrected chi connectivity index (χ4v) is 3.09. The molecule has 1 aliphatic rings. The van der Waals surface area contributed by atoms with Crippen molar-refractivity contribution in [2.75, 3.05) is 4.90 Å². The predicted molar refractivity (Wildman–Crippen MR) is 101 cm³/mol. The zero-order chi connectivity index (χ0) is 18.7. The van der Waals surface area contributed by atoms with Crippen molar-refractivity contribution in [1.29, 1.82) is 0 Å². The van der Waals surface area contributed by atoms with E-state index in [1.54, 1.807) is 54.6 Å².